The standard InChI is InChI=1S/C16H16N2O3/c19-15(20)10-11-3-5-12(6-4-11)17-16(21)14-2-1-9-18(14)13-7-8-13/h1-6,9,13H,7-8,10H2,(H,17,21)(H,19,20). The van der Waals surface area contributed by atoms with E-state index in [0.29, 0.717) is 23.0 Å². The summed E-state index contributed by atoms with van der Waals surface area (Å²) >= 11 is 0. The van der Waals surface area contributed by atoms with Crippen LogP contribution in [0.25, 0.3) is 0 Å². The molecule has 5 nitrogen and oxygen atoms in total. The molecule has 1 saturated carbocycles. The molecule has 2 N–H and O–H groups in total. The number of aromatic nitrogens is 1. The van der Waals surface area contributed by atoms with Crippen LogP contribution in [-0.4, -0.2) is 21.6 Å². The van der Waals surface area contributed by atoms with Gasteiger partial charge in [0.1, 0.15) is 5.69 Å². The number of nitrogens with one attached hydrogen (secondary N) is 1. The Morgan fingerprint density at radius 2 is 1.90 bits per heavy atom. The Hall–Kier alpha value is -2.56. The van der Waals surface area contributed by atoms with Crippen LogP contribution >= 0.6 is 0 Å². The normalized spacial score (nSPS) is 13.9. The van der Waals surface area contributed by atoms with Gasteiger partial charge >= 0.3 is 5.97 Å². The first kappa shape index (κ1) is 13.4. The molecule has 1 aliphatic rings. The van der Waals surface area contributed by atoms with Gasteiger partial charge in [-0.1, -0.05) is 12.1 Å². The van der Waals surface area contributed by atoms with E-state index in [9.17, 15) is 9.59 Å². The molecule has 1 fully saturated rings. The summed E-state index contributed by atoms with van der Waals surface area (Å²) in [7, 11) is 0. The average Bonchev–Trinajstić information content (AvgIpc) is 3.17. The summed E-state index contributed by atoms with van der Waals surface area (Å²) in [4.78, 5) is 22.9. The monoisotopic (exact) mass is 284 g/mol. The molecule has 0 atom stereocenters. The summed E-state index contributed by atoms with van der Waals surface area (Å²) in [6, 6.07) is 11.0. The van der Waals surface area contributed by atoms with Gasteiger partial charge in [-0.15, -0.1) is 0 Å². The molecule has 108 valence electrons. The van der Waals surface area contributed by atoms with Crippen LogP contribution in [0.5, 0.6) is 0 Å². The van der Waals surface area contributed by atoms with Crippen LogP contribution in [0.4, 0.5) is 5.69 Å². The number of amides is 1. The quantitative estimate of drug-likeness (QED) is 0.886. The van der Waals surface area contributed by atoms with Gasteiger partial charge in [0, 0.05) is 17.9 Å². The maximum atomic E-state index is 12.3. The summed E-state index contributed by atoms with van der Waals surface area (Å²) in [5.74, 6) is -1.01. The highest BCUT2D eigenvalue weighted by molar-refractivity contribution is 6.03. The third-order valence-electron chi connectivity index (χ3n) is 3.52. The lowest BCUT2D eigenvalue weighted by Gasteiger charge is -2.09. The van der Waals surface area contributed by atoms with E-state index in [0.717, 1.165) is 12.8 Å². The van der Waals surface area contributed by atoms with E-state index in [2.05, 4.69) is 5.32 Å². The first-order chi connectivity index (χ1) is 10.1. The van der Waals surface area contributed by atoms with Crippen molar-refractivity contribution < 1.29 is 14.7 Å². The lowest BCUT2D eigenvalue weighted by atomic mass is 10.1. The largest absolute Gasteiger partial charge is 0.481 e. The molecule has 3 rings (SSSR count). The van der Waals surface area contributed by atoms with Gasteiger partial charge in [0.2, 0.25) is 0 Å². The number of benzene rings is 1. The fourth-order valence-electron chi connectivity index (χ4n) is 2.33. The number of hydrogen-bond donors (Lipinski definition) is 2. The lowest BCUT2D eigenvalue weighted by molar-refractivity contribution is -0.136. The molecule has 1 aromatic carbocycles. The fraction of sp³-hybridized carbons (Fsp3) is 0.250. The highest BCUT2D eigenvalue weighted by Gasteiger charge is 2.26. The van der Waals surface area contributed by atoms with Gasteiger partial charge in [0.05, 0.1) is 6.42 Å². The molecular formula is C16H16N2O3. The Balaban J connectivity index is 1.69. The second-order valence-corrected chi connectivity index (χ2v) is 5.25. The van der Waals surface area contributed by atoms with Crippen molar-refractivity contribution >= 4 is 17.6 Å². The van der Waals surface area contributed by atoms with Crippen molar-refractivity contribution in [3.63, 3.8) is 0 Å². The highest BCUT2D eigenvalue weighted by atomic mass is 16.4. The van der Waals surface area contributed by atoms with Crippen molar-refractivity contribution in [3.8, 4) is 0 Å². The number of carbonyl (C=O) groups is 2. The fourth-order valence-corrected chi connectivity index (χ4v) is 2.33. The molecule has 0 spiro atoms. The Kier molecular flexibility index (Phi) is 3.48. The first-order valence-electron chi connectivity index (χ1n) is 6.92. The number of carbonyl (C=O) groups excluding carboxylic acids is 1. The zero-order chi connectivity index (χ0) is 14.8. The molecule has 1 aromatic heterocycles. The summed E-state index contributed by atoms with van der Waals surface area (Å²) in [5.41, 5.74) is 2.03. The lowest BCUT2D eigenvalue weighted by Crippen LogP contribution is -2.16. The zero-order valence-electron chi connectivity index (χ0n) is 11.5. The number of nitrogens with zero attached hydrogens (tertiary/aromatic N) is 1. The molecule has 1 heterocycles. The number of aliphatic carboxylic acids is 1. The summed E-state index contributed by atoms with van der Waals surface area (Å²) in [6.07, 6.45) is 4.17. The van der Waals surface area contributed by atoms with E-state index >= 15 is 0 Å². The third-order valence-corrected chi connectivity index (χ3v) is 3.52. The van der Waals surface area contributed by atoms with E-state index in [4.69, 9.17) is 5.11 Å². The number of hydrogen-bond acceptors (Lipinski definition) is 2. The van der Waals surface area contributed by atoms with Crippen LogP contribution in [0.15, 0.2) is 42.6 Å². The van der Waals surface area contributed by atoms with E-state index in [1.165, 1.54) is 0 Å². The third kappa shape index (κ3) is 3.13. The van der Waals surface area contributed by atoms with Gasteiger partial charge in [-0.3, -0.25) is 9.59 Å². The van der Waals surface area contributed by atoms with Gasteiger partial charge in [0.15, 0.2) is 0 Å². The van der Waals surface area contributed by atoms with Gasteiger partial charge in [-0.2, -0.15) is 0 Å². The van der Waals surface area contributed by atoms with Crippen molar-refractivity contribution in [1.82, 2.24) is 4.57 Å². The van der Waals surface area contributed by atoms with Crippen LogP contribution < -0.4 is 5.32 Å². The van der Waals surface area contributed by atoms with Crippen LogP contribution in [-0.2, 0) is 11.2 Å². The highest BCUT2D eigenvalue weighted by Crippen LogP contribution is 2.36. The van der Waals surface area contributed by atoms with Crippen LogP contribution in [0, 0.1) is 0 Å². The van der Waals surface area contributed by atoms with E-state index in [-0.39, 0.29) is 12.3 Å². The molecule has 0 radical (unpaired) electrons. The number of carboxylic acids is 1. The minimum Gasteiger partial charge on any atom is -0.481 e. The Morgan fingerprint density at radius 3 is 2.52 bits per heavy atom. The van der Waals surface area contributed by atoms with Crippen molar-refractivity contribution in [1.29, 1.82) is 0 Å². The van der Waals surface area contributed by atoms with Gasteiger partial charge < -0.3 is 15.0 Å². The van der Waals surface area contributed by atoms with Gasteiger partial charge in [-0.25, -0.2) is 0 Å². The molecule has 0 aliphatic heterocycles. The van der Waals surface area contributed by atoms with Crippen molar-refractivity contribution in [3.05, 3.63) is 53.9 Å². The molecule has 5 heteroatoms. The minimum absolute atomic E-state index is 0.0151. The molecule has 0 saturated heterocycles. The molecule has 1 amide bonds. The second-order valence-electron chi connectivity index (χ2n) is 5.25. The molecular weight excluding hydrogens is 268 g/mol. The molecule has 21 heavy (non-hydrogen) atoms. The van der Waals surface area contributed by atoms with Gasteiger partial charge in [0.25, 0.3) is 5.91 Å². The van der Waals surface area contributed by atoms with Crippen LogP contribution in [0.3, 0.4) is 0 Å². The number of carboxylic acid groups (broad SMARTS) is 1. The number of rotatable bonds is 5. The molecule has 1 aliphatic carbocycles. The van der Waals surface area contributed by atoms with Crippen LogP contribution in [0.1, 0.15) is 34.9 Å². The second kappa shape index (κ2) is 5.44. The Labute approximate surface area is 122 Å². The smallest absolute Gasteiger partial charge is 0.307 e. The van der Waals surface area contributed by atoms with Crippen LogP contribution in [0.2, 0.25) is 0 Å². The molecule has 2 aromatic rings. The Bertz CT molecular complexity index is 669. The van der Waals surface area contributed by atoms with Gasteiger partial charge in [-0.05, 0) is 42.7 Å². The minimum atomic E-state index is -0.867. The first-order valence-corrected chi connectivity index (χ1v) is 6.92. The zero-order valence-corrected chi connectivity index (χ0v) is 11.5. The van der Waals surface area contributed by atoms with Crippen molar-refractivity contribution in [2.75, 3.05) is 5.32 Å². The molecule has 0 unspecified atom stereocenters. The summed E-state index contributed by atoms with van der Waals surface area (Å²) in [5, 5.41) is 11.6. The summed E-state index contributed by atoms with van der Waals surface area (Å²) < 4.78 is 2.01. The van der Waals surface area contributed by atoms with E-state index in [1.807, 2.05) is 22.9 Å². The maximum Gasteiger partial charge on any atom is 0.307 e. The topological polar surface area (TPSA) is 71.3 Å². The van der Waals surface area contributed by atoms with E-state index in [1.54, 1.807) is 24.3 Å². The average molecular weight is 284 g/mol. The SMILES string of the molecule is O=C(O)Cc1ccc(NC(=O)c2cccn2C2CC2)cc1. The maximum absolute atomic E-state index is 12.3. The number of anilines is 1. The predicted molar refractivity (Wildman–Crippen MR) is 78.4 cm³/mol. The van der Waals surface area contributed by atoms with Crippen molar-refractivity contribution in [2.45, 2.75) is 25.3 Å². The summed E-state index contributed by atoms with van der Waals surface area (Å²) in [6.45, 7) is 0. The van der Waals surface area contributed by atoms with Crippen molar-refractivity contribution in [2.24, 2.45) is 0 Å². The Morgan fingerprint density at radius 1 is 1.19 bits per heavy atom. The predicted octanol–water partition coefficient (Wildman–Crippen LogP) is 2.70. The van der Waals surface area contributed by atoms with E-state index < -0.39 is 5.97 Å². The molecule has 0 bridgehead atoms.